The summed E-state index contributed by atoms with van der Waals surface area (Å²) in [4.78, 5) is 0. The van der Waals surface area contributed by atoms with E-state index in [-0.39, 0.29) is 0 Å². The van der Waals surface area contributed by atoms with E-state index in [0.717, 1.165) is 20.4 Å². The summed E-state index contributed by atoms with van der Waals surface area (Å²) in [5.74, 6) is 0. The Morgan fingerprint density at radius 2 is 1.17 bits per heavy atom. The van der Waals surface area contributed by atoms with Gasteiger partial charge in [0, 0.05) is 0 Å². The molecule has 0 aromatic heterocycles. The molecular formula is H2AlBO3Ti. The number of hydrogen-bond donors (Lipinski definition) is 0. The molecule has 0 aromatic rings. The summed E-state index contributed by atoms with van der Waals surface area (Å²) in [6.45, 7) is 0. The van der Waals surface area contributed by atoms with E-state index in [1.807, 2.05) is 7.72 Å². The maximum atomic E-state index is 8.28. The van der Waals surface area contributed by atoms with Crippen LogP contribution in [0.15, 0.2) is 0 Å². The summed E-state index contributed by atoms with van der Waals surface area (Å²) in [6.07, 6.45) is 0. The van der Waals surface area contributed by atoms with E-state index in [2.05, 4.69) is 0 Å². The van der Waals surface area contributed by atoms with Crippen LogP contribution in [0.5, 0.6) is 0 Å². The molecule has 0 heterocycles. The average molecular weight is 136 g/mol. The Kier molecular flexibility index (Phi) is 663. The molecule has 0 amide bonds. The summed E-state index contributed by atoms with van der Waals surface area (Å²) in [5, 5.41) is 0. The van der Waals surface area contributed by atoms with Crippen LogP contribution in [0.4, 0.5) is 0 Å². The van der Waals surface area contributed by atoms with Crippen LogP contribution in [-0.2, 0) is 32.2 Å². The molecule has 0 spiro atoms. The van der Waals surface area contributed by atoms with Crippen molar-refractivity contribution in [3.05, 3.63) is 0 Å². The van der Waals surface area contributed by atoms with Gasteiger partial charge in [0.05, 0.1) is 0 Å². The zero-order chi connectivity index (χ0) is 6.00. The van der Waals surface area contributed by atoms with E-state index in [1.165, 1.54) is 0 Å². The van der Waals surface area contributed by atoms with E-state index in [4.69, 9.17) is 11.8 Å². The first-order valence-corrected chi connectivity index (χ1v) is 2.00. The molecule has 6 heavy (non-hydrogen) atoms. The molecule has 0 aliphatic heterocycles. The van der Waals surface area contributed by atoms with Crippen LogP contribution >= 0.6 is 0 Å². The fourth-order valence-electron chi connectivity index (χ4n) is 0. The molecule has 3 nitrogen and oxygen atoms in total. The van der Waals surface area contributed by atoms with Gasteiger partial charge in [-0.05, 0) is 0 Å². The molecule has 0 saturated carbocycles. The third kappa shape index (κ3) is 128. The van der Waals surface area contributed by atoms with Crippen LogP contribution in [0.3, 0.4) is 0 Å². The molecule has 0 radical (unpaired) electrons. The minimum absolute atomic E-state index is 0.611. The fourth-order valence-corrected chi connectivity index (χ4v) is 0. The third-order valence-corrected chi connectivity index (χ3v) is 0. The molecular weight excluding hydrogens is 134 g/mol. The van der Waals surface area contributed by atoms with Crippen LogP contribution in [0.25, 0.3) is 0 Å². The molecule has 0 N–H and O–H groups in total. The van der Waals surface area contributed by atoms with Crippen molar-refractivity contribution in [3.63, 3.8) is 0 Å². The molecule has 0 fully saturated rings. The van der Waals surface area contributed by atoms with Crippen molar-refractivity contribution in [2.45, 2.75) is 0 Å². The van der Waals surface area contributed by atoms with Crippen molar-refractivity contribution >= 4 is 23.9 Å². The molecule has 30 valence electrons. The van der Waals surface area contributed by atoms with Gasteiger partial charge in [-0.15, -0.1) is 0 Å². The molecule has 0 bridgehead atoms. The second-order valence-corrected chi connectivity index (χ2v) is 0. The Bertz CT molecular complexity index is 15.5. The molecule has 0 aliphatic carbocycles. The van der Waals surface area contributed by atoms with Crippen LogP contribution < -0.4 is 0 Å². The summed E-state index contributed by atoms with van der Waals surface area (Å²) >= 11 is 1.36. The molecule has 0 atom stereocenters. The van der Waals surface area contributed by atoms with Gasteiger partial charge in [0.2, 0.25) is 0 Å². The molecule has 0 saturated heterocycles. The van der Waals surface area contributed by atoms with Gasteiger partial charge in [0.15, 0.2) is 0 Å². The van der Waals surface area contributed by atoms with Crippen molar-refractivity contribution in [2.75, 3.05) is 0 Å². The minimum atomic E-state index is 0.611. The topological polar surface area (TPSA) is 51.2 Å². The van der Waals surface area contributed by atoms with Crippen molar-refractivity contribution in [2.24, 2.45) is 0 Å². The van der Waals surface area contributed by atoms with Crippen LogP contribution in [0, 0.1) is 0 Å². The fraction of sp³-hybridized carbons (Fsp3) is 0. The van der Waals surface area contributed by atoms with Gasteiger partial charge in [0.1, 0.15) is 0 Å². The van der Waals surface area contributed by atoms with Gasteiger partial charge in [-0.1, -0.05) is 0 Å². The van der Waals surface area contributed by atoms with E-state index < -0.39 is 0 Å². The standard InChI is InChI=1S/Al.BHO.2O.Ti.H/c;1-2;;;;/h;1H;;;;. The SMILES string of the molecule is B=O.[O]=[AlH].[O]=[Ti]. The molecule has 0 aromatic carbocycles. The molecule has 0 aliphatic rings. The Labute approximate surface area is 56.3 Å². The molecule has 0 unspecified atom stereocenters. The summed E-state index contributed by atoms with van der Waals surface area (Å²) in [5.41, 5.74) is 0. The second kappa shape index (κ2) is 250. The van der Waals surface area contributed by atoms with Gasteiger partial charge >= 0.3 is 56.2 Å². The zero-order valence-electron chi connectivity index (χ0n) is 3.14. The molecule has 0 rings (SSSR count). The first-order chi connectivity index (χ1) is 3.00. The summed E-state index contributed by atoms with van der Waals surface area (Å²) < 4.78 is 24.5. The predicted molar refractivity (Wildman–Crippen MR) is 16.4 cm³/mol. The van der Waals surface area contributed by atoms with Gasteiger partial charge < -0.3 is 0 Å². The Hall–Kier alpha value is 0.712. The van der Waals surface area contributed by atoms with Crippen LogP contribution in [-0.4, -0.2) is 23.9 Å². The number of rotatable bonds is 0. The average Bonchev–Trinajstić information content (AvgIpc) is 1.81. The predicted octanol–water partition coefficient (Wildman–Crippen LogP) is -1.66. The van der Waals surface area contributed by atoms with Crippen molar-refractivity contribution < 1.29 is 32.2 Å². The second-order valence-electron chi connectivity index (χ2n) is 0. The normalized spacial score (nSPS) is 1.50. The van der Waals surface area contributed by atoms with Gasteiger partial charge in [0.25, 0.3) is 0 Å². The first kappa shape index (κ1) is 15.9. The van der Waals surface area contributed by atoms with Crippen molar-refractivity contribution in [1.29, 1.82) is 0 Å². The Balaban J connectivity index is -0.0000000225. The number of hydrogen-bond acceptors (Lipinski definition) is 3. The van der Waals surface area contributed by atoms with Crippen molar-refractivity contribution in [1.82, 2.24) is 0 Å². The van der Waals surface area contributed by atoms with E-state index in [9.17, 15) is 0 Å². The maximum absolute atomic E-state index is 8.28. The first-order valence-electron chi connectivity index (χ1n) is 0.781. The van der Waals surface area contributed by atoms with Gasteiger partial charge in [-0.3, -0.25) is 0 Å². The third-order valence-electron chi connectivity index (χ3n) is 0. The van der Waals surface area contributed by atoms with Gasteiger partial charge in [-0.2, -0.15) is 0 Å². The van der Waals surface area contributed by atoms with E-state index >= 15 is 0 Å². The summed E-state index contributed by atoms with van der Waals surface area (Å²) in [6, 6.07) is 0. The Morgan fingerprint density at radius 3 is 1.17 bits per heavy atom. The Morgan fingerprint density at radius 1 is 1.17 bits per heavy atom. The summed E-state index contributed by atoms with van der Waals surface area (Å²) in [7, 11) is 2.00. The van der Waals surface area contributed by atoms with Crippen LogP contribution in [0.1, 0.15) is 0 Å². The zero-order valence-corrected chi connectivity index (χ0v) is 6.11. The monoisotopic (exact) mass is 136 g/mol. The van der Waals surface area contributed by atoms with Crippen LogP contribution in [0.2, 0.25) is 0 Å². The van der Waals surface area contributed by atoms with Gasteiger partial charge in [-0.25, -0.2) is 0 Å². The quantitative estimate of drug-likeness (QED) is 0.374. The van der Waals surface area contributed by atoms with Crippen molar-refractivity contribution in [3.8, 4) is 0 Å². The van der Waals surface area contributed by atoms with E-state index in [1.54, 1.807) is 0 Å². The van der Waals surface area contributed by atoms with E-state index in [0.29, 0.717) is 16.2 Å². The molecule has 6 heteroatoms.